The van der Waals surface area contributed by atoms with Crippen molar-refractivity contribution in [2.75, 3.05) is 6.54 Å². The van der Waals surface area contributed by atoms with E-state index in [4.69, 9.17) is 0 Å². The number of carbonyl (C=O) groups excluding carboxylic acids is 1. The number of aryl methyl sites for hydroxylation is 2. The molecule has 1 aliphatic rings. The highest BCUT2D eigenvalue weighted by Crippen LogP contribution is 2.25. The fourth-order valence-corrected chi connectivity index (χ4v) is 3.20. The summed E-state index contributed by atoms with van der Waals surface area (Å²) in [6, 6.07) is 1.93. The average Bonchev–Trinajstić information content (AvgIpc) is 2.83. The van der Waals surface area contributed by atoms with E-state index in [1.165, 1.54) is 21.8 Å². The Labute approximate surface area is 106 Å². The molecular weight excluding hydrogens is 234 g/mol. The molecule has 0 radical (unpaired) electrons. The van der Waals surface area contributed by atoms with E-state index in [9.17, 15) is 9.90 Å². The number of nitrogens with one attached hydrogen (secondary N) is 1. The molecule has 0 saturated heterocycles. The van der Waals surface area contributed by atoms with Gasteiger partial charge in [0.25, 0.3) is 5.91 Å². The van der Waals surface area contributed by atoms with Gasteiger partial charge in [-0.2, -0.15) is 0 Å². The first kappa shape index (κ1) is 12.6. The molecule has 1 heterocycles. The summed E-state index contributed by atoms with van der Waals surface area (Å²) in [5.41, 5.74) is 1.17. The lowest BCUT2D eigenvalue weighted by atomic mass is 10.1. The Bertz CT molecular complexity index is 394. The Morgan fingerprint density at radius 3 is 2.82 bits per heavy atom. The fraction of sp³-hybridized carbons (Fsp3) is 0.615. The van der Waals surface area contributed by atoms with Gasteiger partial charge in [-0.25, -0.2) is 0 Å². The Hall–Kier alpha value is -0.870. The van der Waals surface area contributed by atoms with Gasteiger partial charge in [-0.1, -0.05) is 6.42 Å². The molecule has 0 aromatic carbocycles. The van der Waals surface area contributed by atoms with Gasteiger partial charge < -0.3 is 10.4 Å². The van der Waals surface area contributed by atoms with E-state index >= 15 is 0 Å². The molecule has 4 heteroatoms. The van der Waals surface area contributed by atoms with Crippen LogP contribution in [0, 0.1) is 19.8 Å². The van der Waals surface area contributed by atoms with Crippen LogP contribution in [0.2, 0.25) is 0 Å². The third-order valence-electron chi connectivity index (χ3n) is 3.53. The molecule has 17 heavy (non-hydrogen) atoms. The second kappa shape index (κ2) is 5.19. The molecule has 1 aromatic rings. The lowest BCUT2D eigenvalue weighted by Gasteiger charge is -2.14. The van der Waals surface area contributed by atoms with Crippen molar-refractivity contribution in [3.63, 3.8) is 0 Å². The first-order valence-electron chi connectivity index (χ1n) is 6.11. The van der Waals surface area contributed by atoms with Crippen LogP contribution in [0.25, 0.3) is 0 Å². The smallest absolute Gasteiger partial charge is 0.261 e. The van der Waals surface area contributed by atoms with Gasteiger partial charge in [0, 0.05) is 17.3 Å². The predicted molar refractivity (Wildman–Crippen MR) is 69.5 cm³/mol. The monoisotopic (exact) mass is 253 g/mol. The van der Waals surface area contributed by atoms with Crippen molar-refractivity contribution in [1.29, 1.82) is 0 Å². The number of amides is 1. The minimum atomic E-state index is -0.234. The van der Waals surface area contributed by atoms with Crippen LogP contribution in [0.5, 0.6) is 0 Å². The normalized spacial score (nSPS) is 23.9. The van der Waals surface area contributed by atoms with Crippen LogP contribution in [0.1, 0.15) is 39.4 Å². The first-order chi connectivity index (χ1) is 8.08. The van der Waals surface area contributed by atoms with Gasteiger partial charge in [-0.05, 0) is 38.3 Å². The molecule has 3 nitrogen and oxygen atoms in total. The average molecular weight is 253 g/mol. The van der Waals surface area contributed by atoms with Crippen molar-refractivity contribution in [3.05, 3.63) is 21.4 Å². The molecule has 94 valence electrons. The maximum absolute atomic E-state index is 11.9. The number of aliphatic hydroxyl groups is 1. The van der Waals surface area contributed by atoms with Crippen LogP contribution in [0.15, 0.2) is 6.07 Å². The minimum Gasteiger partial charge on any atom is -0.393 e. The molecule has 2 atom stereocenters. The van der Waals surface area contributed by atoms with Crippen LogP contribution >= 0.6 is 11.3 Å². The zero-order chi connectivity index (χ0) is 12.4. The molecular formula is C13H19NO2S. The van der Waals surface area contributed by atoms with Crippen LogP contribution in [0.3, 0.4) is 0 Å². The SMILES string of the molecule is Cc1cc(C(=O)NCC2CCCC2O)sc1C. The van der Waals surface area contributed by atoms with E-state index in [1.54, 1.807) is 0 Å². The maximum Gasteiger partial charge on any atom is 0.261 e. The third-order valence-corrected chi connectivity index (χ3v) is 4.68. The molecule has 1 fully saturated rings. The molecule has 2 N–H and O–H groups in total. The lowest BCUT2D eigenvalue weighted by molar-refractivity contribution is 0.0920. The van der Waals surface area contributed by atoms with E-state index in [2.05, 4.69) is 5.32 Å². The standard InChI is InChI=1S/C13H19NO2S/c1-8-6-12(17-9(8)2)13(16)14-7-10-4-3-5-11(10)15/h6,10-11,15H,3-5,7H2,1-2H3,(H,14,16). The Morgan fingerprint density at radius 2 is 2.29 bits per heavy atom. The summed E-state index contributed by atoms with van der Waals surface area (Å²) >= 11 is 1.53. The van der Waals surface area contributed by atoms with Gasteiger partial charge in [0.15, 0.2) is 0 Å². The van der Waals surface area contributed by atoms with Crippen molar-refractivity contribution in [2.24, 2.45) is 5.92 Å². The minimum absolute atomic E-state index is 0.00898. The number of hydrogen-bond acceptors (Lipinski definition) is 3. The van der Waals surface area contributed by atoms with Crippen LogP contribution < -0.4 is 5.32 Å². The van der Waals surface area contributed by atoms with E-state index in [0.29, 0.717) is 6.54 Å². The summed E-state index contributed by atoms with van der Waals surface area (Å²) in [7, 11) is 0. The van der Waals surface area contributed by atoms with Crippen molar-refractivity contribution >= 4 is 17.2 Å². The van der Waals surface area contributed by atoms with Gasteiger partial charge in [-0.3, -0.25) is 4.79 Å². The number of aliphatic hydroxyl groups excluding tert-OH is 1. The van der Waals surface area contributed by atoms with Crippen molar-refractivity contribution in [1.82, 2.24) is 5.32 Å². The quantitative estimate of drug-likeness (QED) is 0.868. The molecule has 2 rings (SSSR count). The van der Waals surface area contributed by atoms with Crippen molar-refractivity contribution in [3.8, 4) is 0 Å². The lowest BCUT2D eigenvalue weighted by Crippen LogP contribution is -2.32. The maximum atomic E-state index is 11.9. The van der Waals surface area contributed by atoms with Crippen molar-refractivity contribution in [2.45, 2.75) is 39.2 Å². The van der Waals surface area contributed by atoms with Gasteiger partial charge >= 0.3 is 0 Å². The molecule has 0 bridgehead atoms. The molecule has 1 aliphatic carbocycles. The predicted octanol–water partition coefficient (Wildman–Crippen LogP) is 2.26. The Kier molecular flexibility index (Phi) is 3.84. The summed E-state index contributed by atoms with van der Waals surface area (Å²) in [6.45, 7) is 4.64. The molecule has 1 saturated carbocycles. The second-order valence-electron chi connectivity index (χ2n) is 4.82. The van der Waals surface area contributed by atoms with Gasteiger partial charge in [0.1, 0.15) is 0 Å². The fourth-order valence-electron chi connectivity index (χ4n) is 2.25. The third kappa shape index (κ3) is 2.87. The van der Waals surface area contributed by atoms with Gasteiger partial charge in [-0.15, -0.1) is 11.3 Å². The second-order valence-corrected chi connectivity index (χ2v) is 6.07. The molecule has 2 unspecified atom stereocenters. The van der Waals surface area contributed by atoms with Crippen LogP contribution in [-0.2, 0) is 0 Å². The first-order valence-corrected chi connectivity index (χ1v) is 6.93. The summed E-state index contributed by atoms with van der Waals surface area (Å²) in [4.78, 5) is 13.9. The number of thiophene rings is 1. The van der Waals surface area contributed by atoms with E-state index in [1.807, 2.05) is 19.9 Å². The summed E-state index contributed by atoms with van der Waals surface area (Å²) in [5.74, 6) is 0.228. The number of hydrogen-bond donors (Lipinski definition) is 2. The summed E-state index contributed by atoms with van der Waals surface area (Å²) < 4.78 is 0. The van der Waals surface area contributed by atoms with E-state index in [-0.39, 0.29) is 17.9 Å². The largest absolute Gasteiger partial charge is 0.393 e. The van der Waals surface area contributed by atoms with Gasteiger partial charge in [0.2, 0.25) is 0 Å². The van der Waals surface area contributed by atoms with Crippen LogP contribution in [0.4, 0.5) is 0 Å². The van der Waals surface area contributed by atoms with E-state index in [0.717, 1.165) is 24.1 Å². The topological polar surface area (TPSA) is 49.3 Å². The molecule has 1 aromatic heterocycles. The molecule has 1 amide bonds. The summed E-state index contributed by atoms with van der Waals surface area (Å²) in [6.07, 6.45) is 2.72. The number of rotatable bonds is 3. The molecule has 0 spiro atoms. The van der Waals surface area contributed by atoms with E-state index < -0.39 is 0 Å². The van der Waals surface area contributed by atoms with Crippen molar-refractivity contribution < 1.29 is 9.90 Å². The zero-order valence-corrected chi connectivity index (χ0v) is 11.1. The highest BCUT2D eigenvalue weighted by molar-refractivity contribution is 7.14. The Balaban J connectivity index is 1.89. The molecule has 0 aliphatic heterocycles. The zero-order valence-electron chi connectivity index (χ0n) is 10.3. The highest BCUT2D eigenvalue weighted by atomic mass is 32.1. The number of carbonyl (C=O) groups is 1. The highest BCUT2D eigenvalue weighted by Gasteiger charge is 2.25. The Morgan fingerprint density at radius 1 is 1.53 bits per heavy atom. The van der Waals surface area contributed by atoms with Gasteiger partial charge in [0.05, 0.1) is 11.0 Å². The summed E-state index contributed by atoms with van der Waals surface area (Å²) in [5, 5.41) is 12.6. The van der Waals surface area contributed by atoms with Crippen LogP contribution in [-0.4, -0.2) is 23.7 Å².